The lowest BCUT2D eigenvalue weighted by Crippen LogP contribution is -2.01. The smallest absolute Gasteiger partial charge is 0.314 e. The summed E-state index contributed by atoms with van der Waals surface area (Å²) in [5.74, 6) is 0.752. The van der Waals surface area contributed by atoms with Crippen LogP contribution in [0.2, 0.25) is 0 Å². The lowest BCUT2D eigenvalue weighted by Gasteiger charge is -2.07. The van der Waals surface area contributed by atoms with Gasteiger partial charge in [-0.15, -0.1) is 0 Å². The highest BCUT2D eigenvalue weighted by molar-refractivity contribution is 9.09. The second-order valence-corrected chi connectivity index (χ2v) is 4.84. The highest BCUT2D eigenvalue weighted by Gasteiger charge is 2.16. The van der Waals surface area contributed by atoms with Gasteiger partial charge in [0.1, 0.15) is 5.75 Å². The minimum Gasteiger partial charge on any atom is -0.496 e. The molecule has 5 nitrogen and oxygen atoms in total. The van der Waals surface area contributed by atoms with Crippen molar-refractivity contribution < 1.29 is 14.4 Å². The maximum Gasteiger partial charge on any atom is 0.314 e. The molecule has 0 bridgehead atoms. The van der Waals surface area contributed by atoms with Gasteiger partial charge >= 0.3 is 5.69 Å². The van der Waals surface area contributed by atoms with E-state index < -0.39 is 4.92 Å². The Balaban J connectivity index is 2.50. The van der Waals surface area contributed by atoms with Crippen LogP contribution in [0.1, 0.15) is 25.7 Å². The molecule has 0 heterocycles. The van der Waals surface area contributed by atoms with Crippen LogP contribution in [0.5, 0.6) is 11.5 Å². The average molecular weight is 332 g/mol. The summed E-state index contributed by atoms with van der Waals surface area (Å²) < 4.78 is 10.4. The highest BCUT2D eigenvalue weighted by atomic mass is 79.9. The van der Waals surface area contributed by atoms with Gasteiger partial charge in [-0.25, -0.2) is 0 Å². The fourth-order valence-corrected chi connectivity index (χ4v) is 2.02. The van der Waals surface area contributed by atoms with Crippen LogP contribution >= 0.6 is 15.9 Å². The largest absolute Gasteiger partial charge is 0.496 e. The van der Waals surface area contributed by atoms with E-state index in [1.165, 1.54) is 13.2 Å². The number of unbranched alkanes of at least 4 members (excludes halogenated alkanes) is 3. The lowest BCUT2D eigenvalue weighted by molar-refractivity contribution is -0.385. The molecule has 0 saturated carbocycles. The van der Waals surface area contributed by atoms with Crippen molar-refractivity contribution in [3.8, 4) is 11.5 Å². The molecule has 106 valence electrons. The van der Waals surface area contributed by atoms with Gasteiger partial charge in [-0.1, -0.05) is 28.8 Å². The molecule has 0 amide bonds. The molecular weight excluding hydrogens is 314 g/mol. The van der Waals surface area contributed by atoms with Crippen molar-refractivity contribution in [3.63, 3.8) is 0 Å². The molecule has 0 aliphatic rings. The third-order valence-corrected chi connectivity index (χ3v) is 3.21. The molecular formula is C13H18BrNO4. The first-order chi connectivity index (χ1) is 9.19. The number of methoxy groups -OCH3 is 1. The van der Waals surface area contributed by atoms with E-state index >= 15 is 0 Å². The van der Waals surface area contributed by atoms with Gasteiger partial charge in [0.05, 0.1) is 24.7 Å². The third kappa shape index (κ3) is 5.46. The minimum absolute atomic E-state index is 0.0557. The van der Waals surface area contributed by atoms with Gasteiger partial charge in [0, 0.05) is 5.33 Å². The number of nitro groups is 1. The van der Waals surface area contributed by atoms with Crippen LogP contribution in [0, 0.1) is 10.1 Å². The van der Waals surface area contributed by atoms with Gasteiger partial charge in [-0.2, -0.15) is 0 Å². The van der Waals surface area contributed by atoms with Gasteiger partial charge in [0.2, 0.25) is 0 Å². The Bertz CT molecular complexity index is 412. The van der Waals surface area contributed by atoms with E-state index in [4.69, 9.17) is 9.47 Å². The quantitative estimate of drug-likeness (QED) is 0.297. The van der Waals surface area contributed by atoms with Crippen molar-refractivity contribution >= 4 is 21.6 Å². The van der Waals surface area contributed by atoms with Crippen molar-refractivity contribution in [1.29, 1.82) is 0 Å². The van der Waals surface area contributed by atoms with Crippen molar-refractivity contribution in [2.24, 2.45) is 0 Å². The maximum absolute atomic E-state index is 10.9. The number of halogens is 1. The van der Waals surface area contributed by atoms with Crippen LogP contribution in [0.4, 0.5) is 5.69 Å². The normalized spacial score (nSPS) is 10.2. The summed E-state index contributed by atoms with van der Waals surface area (Å²) in [6, 6.07) is 4.61. The van der Waals surface area contributed by atoms with E-state index in [1.807, 2.05) is 0 Å². The zero-order chi connectivity index (χ0) is 14.1. The first-order valence-corrected chi connectivity index (χ1v) is 7.32. The Labute approximate surface area is 121 Å². The number of hydrogen-bond acceptors (Lipinski definition) is 4. The fourth-order valence-electron chi connectivity index (χ4n) is 1.62. The molecule has 1 rings (SSSR count). The van der Waals surface area contributed by atoms with E-state index in [1.54, 1.807) is 12.1 Å². The summed E-state index contributed by atoms with van der Waals surface area (Å²) in [6.07, 6.45) is 4.24. The Hall–Kier alpha value is -1.30. The number of nitrogens with zero attached hydrogens (tertiary/aromatic N) is 1. The monoisotopic (exact) mass is 331 g/mol. The van der Waals surface area contributed by atoms with Crippen molar-refractivity contribution in [3.05, 3.63) is 28.3 Å². The molecule has 0 atom stereocenters. The molecule has 0 saturated heterocycles. The molecule has 0 N–H and O–H groups in total. The first kappa shape index (κ1) is 15.8. The van der Waals surface area contributed by atoms with Gasteiger partial charge in [0.15, 0.2) is 5.75 Å². The Morgan fingerprint density at radius 2 is 2.00 bits per heavy atom. The van der Waals surface area contributed by atoms with Gasteiger partial charge in [-0.05, 0) is 25.0 Å². The summed E-state index contributed by atoms with van der Waals surface area (Å²) in [5, 5.41) is 11.9. The molecule has 0 unspecified atom stereocenters. The van der Waals surface area contributed by atoms with Crippen LogP contribution in [-0.4, -0.2) is 24.0 Å². The molecule has 6 heteroatoms. The molecule has 0 fully saturated rings. The minimum atomic E-state index is -0.456. The van der Waals surface area contributed by atoms with E-state index in [-0.39, 0.29) is 5.69 Å². The highest BCUT2D eigenvalue weighted by Crippen LogP contribution is 2.31. The molecule has 0 aliphatic heterocycles. The summed E-state index contributed by atoms with van der Waals surface area (Å²) in [5.41, 5.74) is -0.0557. The number of ether oxygens (including phenoxy) is 2. The van der Waals surface area contributed by atoms with Crippen LogP contribution in [0.25, 0.3) is 0 Å². The average Bonchev–Trinajstić information content (AvgIpc) is 2.42. The Morgan fingerprint density at radius 1 is 1.26 bits per heavy atom. The summed E-state index contributed by atoms with van der Waals surface area (Å²) in [4.78, 5) is 10.5. The fraction of sp³-hybridized carbons (Fsp3) is 0.538. The van der Waals surface area contributed by atoms with Gasteiger partial charge in [0.25, 0.3) is 0 Å². The standard InChI is InChI=1S/C13H18BrNO4/c1-18-11-6-7-13(12(10-11)15(16)17)19-9-5-3-2-4-8-14/h6-7,10H,2-5,8-9H2,1H3. The lowest BCUT2D eigenvalue weighted by atomic mass is 10.2. The summed E-state index contributed by atoms with van der Waals surface area (Å²) in [7, 11) is 1.48. The molecule has 19 heavy (non-hydrogen) atoms. The zero-order valence-electron chi connectivity index (χ0n) is 10.9. The topological polar surface area (TPSA) is 61.6 Å². The number of hydrogen-bond donors (Lipinski definition) is 0. The van der Waals surface area contributed by atoms with Crippen molar-refractivity contribution in [2.45, 2.75) is 25.7 Å². The first-order valence-electron chi connectivity index (χ1n) is 6.20. The van der Waals surface area contributed by atoms with Gasteiger partial charge < -0.3 is 9.47 Å². The second kappa shape index (κ2) is 8.74. The van der Waals surface area contributed by atoms with E-state index in [2.05, 4.69) is 15.9 Å². The zero-order valence-corrected chi connectivity index (χ0v) is 12.5. The predicted octanol–water partition coefficient (Wildman–Crippen LogP) is 3.94. The molecule has 1 aromatic carbocycles. The number of nitro benzene ring substituents is 1. The Kier molecular flexibility index (Phi) is 7.25. The Morgan fingerprint density at radius 3 is 2.63 bits per heavy atom. The second-order valence-electron chi connectivity index (χ2n) is 4.04. The van der Waals surface area contributed by atoms with Crippen LogP contribution < -0.4 is 9.47 Å². The number of rotatable bonds is 9. The molecule has 0 radical (unpaired) electrons. The van der Waals surface area contributed by atoms with E-state index in [0.29, 0.717) is 18.1 Å². The third-order valence-electron chi connectivity index (χ3n) is 2.65. The van der Waals surface area contributed by atoms with Gasteiger partial charge in [-0.3, -0.25) is 10.1 Å². The summed E-state index contributed by atoms with van der Waals surface area (Å²) in [6.45, 7) is 0.495. The number of alkyl halides is 1. The summed E-state index contributed by atoms with van der Waals surface area (Å²) >= 11 is 3.38. The maximum atomic E-state index is 10.9. The predicted molar refractivity (Wildman–Crippen MR) is 77.4 cm³/mol. The van der Waals surface area contributed by atoms with E-state index in [0.717, 1.165) is 31.0 Å². The van der Waals surface area contributed by atoms with Crippen molar-refractivity contribution in [1.82, 2.24) is 0 Å². The SMILES string of the molecule is COc1ccc(OCCCCCCBr)c([N+](=O)[O-])c1. The molecule has 1 aromatic rings. The van der Waals surface area contributed by atoms with E-state index in [9.17, 15) is 10.1 Å². The molecule has 0 aliphatic carbocycles. The molecule has 0 spiro atoms. The van der Waals surface area contributed by atoms with Crippen LogP contribution in [0.15, 0.2) is 18.2 Å². The number of benzene rings is 1. The van der Waals surface area contributed by atoms with Crippen molar-refractivity contribution in [2.75, 3.05) is 19.0 Å². The van der Waals surface area contributed by atoms with Crippen LogP contribution in [-0.2, 0) is 0 Å². The molecule has 0 aromatic heterocycles. The van der Waals surface area contributed by atoms with Crippen LogP contribution in [0.3, 0.4) is 0 Å².